The SMILES string of the molecule is CCOc1ccc(S(=O)(=O)NCCNC(=O)c2ccccn2)cc1. The van der Waals surface area contributed by atoms with Crippen LogP contribution in [0.3, 0.4) is 0 Å². The van der Waals surface area contributed by atoms with Crippen molar-refractivity contribution in [3.8, 4) is 5.75 Å². The van der Waals surface area contributed by atoms with Crippen molar-refractivity contribution in [3.63, 3.8) is 0 Å². The number of ether oxygens (including phenoxy) is 1. The molecule has 8 heteroatoms. The van der Waals surface area contributed by atoms with E-state index < -0.39 is 10.0 Å². The number of nitrogens with one attached hydrogen (secondary N) is 2. The normalized spacial score (nSPS) is 11.0. The Balaban J connectivity index is 1.83. The van der Waals surface area contributed by atoms with Gasteiger partial charge in [0, 0.05) is 19.3 Å². The zero-order chi connectivity index (χ0) is 17.4. The largest absolute Gasteiger partial charge is 0.494 e. The van der Waals surface area contributed by atoms with E-state index in [2.05, 4.69) is 15.0 Å². The number of amides is 1. The van der Waals surface area contributed by atoms with E-state index in [1.54, 1.807) is 30.3 Å². The Hall–Kier alpha value is -2.45. The molecule has 2 rings (SSSR count). The summed E-state index contributed by atoms with van der Waals surface area (Å²) in [7, 11) is -3.63. The third-order valence-corrected chi connectivity index (χ3v) is 4.52. The minimum Gasteiger partial charge on any atom is -0.494 e. The second-order valence-corrected chi connectivity index (χ2v) is 6.54. The molecule has 24 heavy (non-hydrogen) atoms. The van der Waals surface area contributed by atoms with Gasteiger partial charge < -0.3 is 10.1 Å². The molecule has 1 heterocycles. The first-order chi connectivity index (χ1) is 11.5. The number of nitrogens with zero attached hydrogens (tertiary/aromatic N) is 1. The molecule has 2 aromatic rings. The molecule has 0 saturated heterocycles. The Morgan fingerprint density at radius 2 is 1.88 bits per heavy atom. The van der Waals surface area contributed by atoms with Crippen LogP contribution in [0.15, 0.2) is 53.6 Å². The number of hydrogen-bond acceptors (Lipinski definition) is 5. The van der Waals surface area contributed by atoms with Crippen molar-refractivity contribution in [2.75, 3.05) is 19.7 Å². The van der Waals surface area contributed by atoms with Gasteiger partial charge in [-0.25, -0.2) is 13.1 Å². The van der Waals surface area contributed by atoms with Gasteiger partial charge in [-0.05, 0) is 43.3 Å². The standard InChI is InChI=1S/C16H19N3O4S/c1-2-23-13-6-8-14(9-7-13)24(21,22)19-12-11-18-16(20)15-5-3-4-10-17-15/h3-10,19H,2,11-12H2,1H3,(H,18,20). The van der Waals surface area contributed by atoms with E-state index in [1.165, 1.54) is 18.3 Å². The van der Waals surface area contributed by atoms with Crippen LogP contribution in [0.5, 0.6) is 5.75 Å². The molecule has 1 amide bonds. The van der Waals surface area contributed by atoms with Crippen molar-refractivity contribution >= 4 is 15.9 Å². The smallest absolute Gasteiger partial charge is 0.269 e. The van der Waals surface area contributed by atoms with Crippen LogP contribution in [0.25, 0.3) is 0 Å². The van der Waals surface area contributed by atoms with E-state index in [1.807, 2.05) is 6.92 Å². The van der Waals surface area contributed by atoms with E-state index in [-0.39, 0.29) is 29.6 Å². The summed E-state index contributed by atoms with van der Waals surface area (Å²) in [6.07, 6.45) is 1.52. The van der Waals surface area contributed by atoms with Crippen LogP contribution in [-0.4, -0.2) is 39.0 Å². The maximum atomic E-state index is 12.1. The van der Waals surface area contributed by atoms with Crippen LogP contribution < -0.4 is 14.8 Å². The highest BCUT2D eigenvalue weighted by molar-refractivity contribution is 7.89. The van der Waals surface area contributed by atoms with Crippen LogP contribution in [0.2, 0.25) is 0 Å². The number of carbonyl (C=O) groups excluding carboxylic acids is 1. The van der Waals surface area contributed by atoms with E-state index in [0.29, 0.717) is 12.4 Å². The maximum Gasteiger partial charge on any atom is 0.269 e. The zero-order valence-corrected chi connectivity index (χ0v) is 14.0. The Kier molecular flexibility index (Phi) is 6.28. The number of benzene rings is 1. The summed E-state index contributed by atoms with van der Waals surface area (Å²) in [6.45, 7) is 2.60. The fraction of sp³-hybridized carbons (Fsp3) is 0.250. The Labute approximate surface area is 141 Å². The molecule has 0 aliphatic carbocycles. The van der Waals surface area contributed by atoms with Gasteiger partial charge in [-0.2, -0.15) is 0 Å². The highest BCUT2D eigenvalue weighted by Crippen LogP contribution is 2.15. The van der Waals surface area contributed by atoms with Crippen molar-refractivity contribution in [2.45, 2.75) is 11.8 Å². The molecule has 2 N–H and O–H groups in total. The molecule has 0 unspecified atom stereocenters. The van der Waals surface area contributed by atoms with E-state index in [0.717, 1.165) is 0 Å². The molecule has 1 aromatic carbocycles. The average Bonchev–Trinajstić information content (AvgIpc) is 2.60. The molecule has 128 valence electrons. The first-order valence-electron chi connectivity index (χ1n) is 7.44. The van der Waals surface area contributed by atoms with Gasteiger partial charge in [0.05, 0.1) is 11.5 Å². The van der Waals surface area contributed by atoms with E-state index in [4.69, 9.17) is 4.74 Å². The van der Waals surface area contributed by atoms with Gasteiger partial charge in [-0.1, -0.05) is 6.07 Å². The Morgan fingerprint density at radius 1 is 1.12 bits per heavy atom. The predicted molar refractivity (Wildman–Crippen MR) is 89.4 cm³/mol. The van der Waals surface area contributed by atoms with Gasteiger partial charge in [0.15, 0.2) is 0 Å². The fourth-order valence-corrected chi connectivity index (χ4v) is 2.95. The molecule has 0 radical (unpaired) electrons. The summed E-state index contributed by atoms with van der Waals surface area (Å²) in [4.78, 5) is 15.8. The number of sulfonamides is 1. The van der Waals surface area contributed by atoms with Crippen molar-refractivity contribution < 1.29 is 17.9 Å². The highest BCUT2D eigenvalue weighted by atomic mass is 32.2. The molecule has 0 spiro atoms. The van der Waals surface area contributed by atoms with Crippen LogP contribution in [0, 0.1) is 0 Å². The maximum absolute atomic E-state index is 12.1. The number of rotatable bonds is 8. The minimum atomic E-state index is -3.63. The van der Waals surface area contributed by atoms with E-state index >= 15 is 0 Å². The lowest BCUT2D eigenvalue weighted by molar-refractivity contribution is 0.0949. The first-order valence-corrected chi connectivity index (χ1v) is 8.93. The summed E-state index contributed by atoms with van der Waals surface area (Å²) in [5.74, 6) is 0.259. The molecule has 0 aliphatic rings. The summed E-state index contributed by atoms with van der Waals surface area (Å²) in [5, 5.41) is 2.60. The lowest BCUT2D eigenvalue weighted by Crippen LogP contribution is -2.35. The average molecular weight is 349 g/mol. The number of carbonyl (C=O) groups is 1. The molecular weight excluding hydrogens is 330 g/mol. The lowest BCUT2D eigenvalue weighted by Gasteiger charge is -2.09. The van der Waals surface area contributed by atoms with Gasteiger partial charge in [-0.15, -0.1) is 0 Å². The second kappa shape index (κ2) is 8.42. The van der Waals surface area contributed by atoms with Gasteiger partial charge in [0.25, 0.3) is 5.91 Å². The van der Waals surface area contributed by atoms with Crippen molar-refractivity contribution in [3.05, 3.63) is 54.4 Å². The molecule has 1 aromatic heterocycles. The summed E-state index contributed by atoms with van der Waals surface area (Å²) in [6, 6.07) is 11.1. The minimum absolute atomic E-state index is 0.0775. The molecule has 0 atom stereocenters. The summed E-state index contributed by atoms with van der Waals surface area (Å²) >= 11 is 0. The molecule has 0 saturated carbocycles. The quantitative estimate of drug-likeness (QED) is 0.698. The molecule has 0 aliphatic heterocycles. The summed E-state index contributed by atoms with van der Waals surface area (Å²) in [5.41, 5.74) is 0.284. The molecule has 7 nitrogen and oxygen atoms in total. The molecule has 0 bridgehead atoms. The second-order valence-electron chi connectivity index (χ2n) is 4.77. The van der Waals surface area contributed by atoms with Gasteiger partial charge in [-0.3, -0.25) is 9.78 Å². The van der Waals surface area contributed by atoms with Crippen LogP contribution in [0.4, 0.5) is 0 Å². The van der Waals surface area contributed by atoms with Gasteiger partial charge >= 0.3 is 0 Å². The van der Waals surface area contributed by atoms with Gasteiger partial charge in [0.1, 0.15) is 11.4 Å². The van der Waals surface area contributed by atoms with Gasteiger partial charge in [0.2, 0.25) is 10.0 Å². The third kappa shape index (κ3) is 5.04. The highest BCUT2D eigenvalue weighted by Gasteiger charge is 2.13. The number of pyridine rings is 1. The Morgan fingerprint density at radius 3 is 2.50 bits per heavy atom. The predicted octanol–water partition coefficient (Wildman–Crippen LogP) is 1.19. The van der Waals surface area contributed by atoms with E-state index in [9.17, 15) is 13.2 Å². The lowest BCUT2D eigenvalue weighted by atomic mass is 10.3. The van der Waals surface area contributed by atoms with Crippen LogP contribution >= 0.6 is 0 Å². The van der Waals surface area contributed by atoms with Crippen LogP contribution in [0.1, 0.15) is 17.4 Å². The number of hydrogen-bond donors (Lipinski definition) is 2. The van der Waals surface area contributed by atoms with Crippen LogP contribution in [-0.2, 0) is 10.0 Å². The monoisotopic (exact) mass is 349 g/mol. The topological polar surface area (TPSA) is 97.4 Å². The summed E-state index contributed by atoms with van der Waals surface area (Å²) < 4.78 is 32.0. The fourth-order valence-electron chi connectivity index (χ4n) is 1.91. The molecule has 0 fully saturated rings. The first kappa shape index (κ1) is 17.9. The van der Waals surface area contributed by atoms with Crippen molar-refractivity contribution in [1.29, 1.82) is 0 Å². The molecular formula is C16H19N3O4S. The number of aromatic nitrogens is 1. The van der Waals surface area contributed by atoms with Crippen molar-refractivity contribution in [2.24, 2.45) is 0 Å². The third-order valence-electron chi connectivity index (χ3n) is 3.05. The Bertz CT molecular complexity index is 762. The van der Waals surface area contributed by atoms with Crippen molar-refractivity contribution in [1.82, 2.24) is 15.0 Å². The zero-order valence-electron chi connectivity index (χ0n) is 13.2.